The maximum atomic E-state index is 13.0. The van der Waals surface area contributed by atoms with Crippen LogP contribution in [0.1, 0.15) is 28.4 Å². The Hall–Kier alpha value is -5.04. The van der Waals surface area contributed by atoms with Crippen molar-refractivity contribution in [2.24, 2.45) is 0 Å². The molecule has 5 aromatic rings. The molecule has 3 N–H and O–H groups in total. The molecule has 1 aliphatic heterocycles. The van der Waals surface area contributed by atoms with Crippen molar-refractivity contribution >= 4 is 33.5 Å². The topological polar surface area (TPSA) is 120 Å². The Morgan fingerprint density at radius 3 is 2.10 bits per heavy atom. The fourth-order valence-electron chi connectivity index (χ4n) is 6.07. The number of amides is 1. The number of hydrogen-bond donors (Lipinski definition) is 3. The fourth-order valence-corrected chi connectivity index (χ4v) is 7.48. The van der Waals surface area contributed by atoms with Gasteiger partial charge in [-0.1, -0.05) is 78.9 Å². The summed E-state index contributed by atoms with van der Waals surface area (Å²) in [6, 6.07) is 40.3. The highest BCUT2D eigenvalue weighted by molar-refractivity contribution is 7.89. The van der Waals surface area contributed by atoms with E-state index >= 15 is 0 Å². The van der Waals surface area contributed by atoms with Crippen molar-refractivity contribution in [1.29, 1.82) is 0 Å². The van der Waals surface area contributed by atoms with E-state index in [0.29, 0.717) is 76.0 Å². The van der Waals surface area contributed by atoms with E-state index in [2.05, 4.69) is 39.8 Å². The van der Waals surface area contributed by atoms with Crippen molar-refractivity contribution < 1.29 is 27.8 Å². The van der Waals surface area contributed by atoms with Crippen LogP contribution in [0.2, 0.25) is 0 Å². The predicted molar refractivity (Wildman–Crippen MR) is 203 cm³/mol. The molecular formula is C41H44N4O6S. The standard InChI is InChI=1S/C41H44N4O6S/c46-31-42-39-27-35(13-20-41(39)51-30-34-9-5-2-6-10-34)40(47)29-44(28-33-7-3-1-4-8-33)22-21-32-11-14-36(15-12-32)43-37-16-18-38(19-17-37)52(48,49)45-23-25-50-26-24-45/h1-20,27,31,40,43,47H,21-26,28-30H2,(H,42,46)/t40-/m0/s1. The van der Waals surface area contributed by atoms with Crippen LogP contribution >= 0.6 is 0 Å². The summed E-state index contributed by atoms with van der Waals surface area (Å²) >= 11 is 0. The van der Waals surface area contributed by atoms with Gasteiger partial charge in [-0.15, -0.1) is 0 Å². The SMILES string of the molecule is O=CNc1cc([C@@H](O)CN(CCc2ccc(Nc3ccc(S(=O)(=O)N4CCOCC4)cc3)cc2)Cc2ccccc2)ccc1OCc1ccccc1. The van der Waals surface area contributed by atoms with Gasteiger partial charge in [0.25, 0.3) is 0 Å². The predicted octanol–water partition coefficient (Wildman–Crippen LogP) is 6.38. The Morgan fingerprint density at radius 2 is 1.44 bits per heavy atom. The number of ether oxygens (including phenoxy) is 2. The Balaban J connectivity index is 1.08. The van der Waals surface area contributed by atoms with Crippen LogP contribution in [0.15, 0.2) is 132 Å². The average molecular weight is 721 g/mol. The Labute approximate surface area is 305 Å². The van der Waals surface area contributed by atoms with E-state index in [9.17, 15) is 18.3 Å². The van der Waals surface area contributed by atoms with Gasteiger partial charge in [0.15, 0.2) is 0 Å². The van der Waals surface area contributed by atoms with Crippen molar-refractivity contribution in [3.8, 4) is 5.75 Å². The van der Waals surface area contributed by atoms with Crippen molar-refractivity contribution in [3.63, 3.8) is 0 Å². The summed E-state index contributed by atoms with van der Waals surface area (Å²) in [5.74, 6) is 0.528. The number of sulfonamides is 1. The number of carbonyl (C=O) groups excluding carboxylic acids is 1. The molecule has 0 radical (unpaired) electrons. The van der Waals surface area contributed by atoms with Gasteiger partial charge in [0, 0.05) is 44.1 Å². The molecule has 10 nitrogen and oxygen atoms in total. The third-order valence-electron chi connectivity index (χ3n) is 8.94. The van der Waals surface area contributed by atoms with Crippen molar-refractivity contribution in [2.75, 3.05) is 50.0 Å². The van der Waals surface area contributed by atoms with E-state index < -0.39 is 16.1 Å². The molecule has 11 heteroatoms. The molecule has 0 unspecified atom stereocenters. The molecule has 1 atom stereocenters. The first-order valence-corrected chi connectivity index (χ1v) is 18.8. The van der Waals surface area contributed by atoms with E-state index in [0.717, 1.165) is 34.5 Å². The molecule has 1 saturated heterocycles. The molecule has 0 saturated carbocycles. The normalized spacial score (nSPS) is 14.1. The summed E-state index contributed by atoms with van der Waals surface area (Å²) in [5, 5.41) is 17.5. The number of benzene rings is 5. The summed E-state index contributed by atoms with van der Waals surface area (Å²) in [4.78, 5) is 13.9. The number of rotatable bonds is 17. The van der Waals surface area contributed by atoms with Crippen LogP contribution in [-0.4, -0.2) is 68.5 Å². The van der Waals surface area contributed by atoms with Crippen LogP contribution in [0.25, 0.3) is 0 Å². The molecule has 1 heterocycles. The van der Waals surface area contributed by atoms with E-state index in [1.54, 1.807) is 36.4 Å². The van der Waals surface area contributed by atoms with E-state index in [-0.39, 0.29) is 4.90 Å². The molecule has 1 aliphatic rings. The van der Waals surface area contributed by atoms with Gasteiger partial charge in [-0.2, -0.15) is 4.31 Å². The quantitative estimate of drug-likeness (QED) is 0.0948. The van der Waals surface area contributed by atoms with Crippen LogP contribution in [0.4, 0.5) is 17.1 Å². The molecule has 0 spiro atoms. The lowest BCUT2D eigenvalue weighted by Crippen LogP contribution is -2.40. The van der Waals surface area contributed by atoms with E-state index in [1.165, 1.54) is 4.31 Å². The lowest BCUT2D eigenvalue weighted by molar-refractivity contribution is -0.105. The zero-order valence-corrected chi connectivity index (χ0v) is 29.8. The third-order valence-corrected chi connectivity index (χ3v) is 10.9. The Morgan fingerprint density at radius 1 is 0.808 bits per heavy atom. The van der Waals surface area contributed by atoms with Crippen LogP contribution in [0.5, 0.6) is 5.75 Å². The molecular weight excluding hydrogens is 677 g/mol. The minimum absolute atomic E-state index is 0.267. The summed E-state index contributed by atoms with van der Waals surface area (Å²) in [6.45, 7) is 3.64. The zero-order valence-electron chi connectivity index (χ0n) is 28.9. The number of nitrogens with one attached hydrogen (secondary N) is 2. The number of hydrogen-bond acceptors (Lipinski definition) is 8. The Kier molecular flexibility index (Phi) is 12.7. The van der Waals surface area contributed by atoms with Crippen molar-refractivity contribution in [3.05, 3.63) is 150 Å². The summed E-state index contributed by atoms with van der Waals surface area (Å²) < 4.78 is 38.7. The number of anilines is 3. The first kappa shape index (κ1) is 36.7. The van der Waals surface area contributed by atoms with Gasteiger partial charge in [-0.25, -0.2) is 8.42 Å². The second-order valence-electron chi connectivity index (χ2n) is 12.6. The highest BCUT2D eigenvalue weighted by atomic mass is 32.2. The van der Waals surface area contributed by atoms with Gasteiger partial charge < -0.3 is 25.2 Å². The second-order valence-corrected chi connectivity index (χ2v) is 14.6. The largest absolute Gasteiger partial charge is 0.487 e. The lowest BCUT2D eigenvalue weighted by Gasteiger charge is -2.26. The summed E-state index contributed by atoms with van der Waals surface area (Å²) in [5.41, 5.74) is 6.15. The summed E-state index contributed by atoms with van der Waals surface area (Å²) in [6.07, 6.45) is 0.568. The number of aliphatic hydroxyl groups excluding tert-OH is 1. The Bertz CT molecular complexity index is 1970. The minimum Gasteiger partial charge on any atom is -0.487 e. The molecule has 0 aromatic heterocycles. The molecule has 5 aromatic carbocycles. The van der Waals surface area contributed by atoms with Crippen LogP contribution in [0, 0.1) is 0 Å². The minimum atomic E-state index is -3.55. The highest BCUT2D eigenvalue weighted by Crippen LogP contribution is 2.30. The smallest absolute Gasteiger partial charge is 0.243 e. The van der Waals surface area contributed by atoms with Crippen molar-refractivity contribution in [2.45, 2.75) is 30.6 Å². The highest BCUT2D eigenvalue weighted by Gasteiger charge is 2.26. The van der Waals surface area contributed by atoms with Gasteiger partial charge >= 0.3 is 0 Å². The van der Waals surface area contributed by atoms with Crippen LogP contribution in [0.3, 0.4) is 0 Å². The second kappa shape index (κ2) is 17.9. The van der Waals surface area contributed by atoms with Crippen LogP contribution < -0.4 is 15.4 Å². The number of aliphatic hydroxyl groups is 1. The van der Waals surface area contributed by atoms with Gasteiger partial charge in [0.1, 0.15) is 12.4 Å². The van der Waals surface area contributed by atoms with Crippen LogP contribution in [-0.2, 0) is 39.1 Å². The lowest BCUT2D eigenvalue weighted by atomic mass is 10.1. The fraction of sp³-hybridized carbons (Fsp3) is 0.244. The molecule has 6 rings (SSSR count). The molecule has 1 amide bonds. The number of nitrogens with zero attached hydrogens (tertiary/aromatic N) is 2. The monoisotopic (exact) mass is 720 g/mol. The van der Waals surface area contributed by atoms with Gasteiger partial charge in [-0.05, 0) is 77.2 Å². The van der Waals surface area contributed by atoms with E-state index in [4.69, 9.17) is 9.47 Å². The maximum Gasteiger partial charge on any atom is 0.243 e. The molecule has 0 aliphatic carbocycles. The average Bonchev–Trinajstić information content (AvgIpc) is 3.18. The molecule has 52 heavy (non-hydrogen) atoms. The molecule has 270 valence electrons. The number of carbonyl (C=O) groups is 1. The number of morpholine rings is 1. The first-order chi connectivity index (χ1) is 25.4. The molecule has 1 fully saturated rings. The maximum absolute atomic E-state index is 13.0. The molecule has 0 bridgehead atoms. The first-order valence-electron chi connectivity index (χ1n) is 17.4. The summed E-state index contributed by atoms with van der Waals surface area (Å²) in [7, 11) is -3.55. The van der Waals surface area contributed by atoms with Gasteiger partial charge in [0.2, 0.25) is 16.4 Å². The zero-order chi connectivity index (χ0) is 36.2. The van der Waals surface area contributed by atoms with Gasteiger partial charge in [0.05, 0.1) is 29.9 Å². The van der Waals surface area contributed by atoms with Crippen molar-refractivity contribution in [1.82, 2.24) is 9.21 Å². The van der Waals surface area contributed by atoms with Gasteiger partial charge in [-0.3, -0.25) is 9.69 Å². The third kappa shape index (κ3) is 10.1. The van der Waals surface area contributed by atoms with E-state index in [1.807, 2.05) is 66.7 Å².